The van der Waals surface area contributed by atoms with E-state index in [0.717, 1.165) is 13.0 Å². The fourth-order valence-electron chi connectivity index (χ4n) is 2.21. The van der Waals surface area contributed by atoms with E-state index < -0.39 is 0 Å². The fraction of sp³-hybridized carbons (Fsp3) is 0.692. The van der Waals surface area contributed by atoms with E-state index in [9.17, 15) is 5.11 Å². The van der Waals surface area contributed by atoms with Gasteiger partial charge in [0.15, 0.2) is 11.6 Å². The monoisotopic (exact) mass is 282 g/mol. The number of rotatable bonds is 6. The Hall–Kier alpha value is -1.60. The third kappa shape index (κ3) is 3.10. The Morgan fingerprint density at radius 1 is 1.55 bits per heavy atom. The van der Waals surface area contributed by atoms with Crippen LogP contribution >= 0.6 is 0 Å². The van der Waals surface area contributed by atoms with Crippen LogP contribution in [-0.4, -0.2) is 61.1 Å². The van der Waals surface area contributed by atoms with Gasteiger partial charge in [-0.2, -0.15) is 0 Å². The lowest BCUT2D eigenvalue weighted by Gasteiger charge is -2.36. The number of aromatic nitrogens is 2. The van der Waals surface area contributed by atoms with Crippen LogP contribution in [0.5, 0.6) is 5.75 Å². The Morgan fingerprint density at radius 2 is 2.40 bits per heavy atom. The van der Waals surface area contributed by atoms with Gasteiger partial charge in [-0.05, 0) is 6.42 Å². The summed E-state index contributed by atoms with van der Waals surface area (Å²) in [4.78, 5) is 10.6. The first-order valence-electron chi connectivity index (χ1n) is 6.89. The fourth-order valence-corrected chi connectivity index (χ4v) is 2.21. The number of hydrogen-bond acceptors (Lipinski definition) is 7. The van der Waals surface area contributed by atoms with Crippen molar-refractivity contribution in [2.75, 3.05) is 50.2 Å². The minimum absolute atomic E-state index is 0.0187. The predicted molar refractivity (Wildman–Crippen MR) is 76.4 cm³/mol. The maximum absolute atomic E-state index is 9.48. The van der Waals surface area contributed by atoms with Gasteiger partial charge in [-0.15, -0.1) is 0 Å². The standard InChI is InChI=1S/C13H22N4O3/c1-3-4-14-12-11(19-2)13(16-9-15-12)17-5-6-20-8-10(17)7-18/h9-10,18H,3-8H2,1-2H3,(H,14,15,16). The molecular formula is C13H22N4O3. The SMILES string of the molecule is CCCNc1ncnc(N2CCOCC2CO)c1OC. The second kappa shape index (κ2) is 7.25. The minimum atomic E-state index is -0.105. The lowest BCUT2D eigenvalue weighted by atomic mass is 10.2. The number of methoxy groups -OCH3 is 1. The second-order valence-electron chi connectivity index (χ2n) is 4.61. The Bertz CT molecular complexity index is 430. The van der Waals surface area contributed by atoms with Gasteiger partial charge in [0.25, 0.3) is 0 Å². The molecule has 1 fully saturated rings. The van der Waals surface area contributed by atoms with Gasteiger partial charge in [-0.1, -0.05) is 6.92 Å². The lowest BCUT2D eigenvalue weighted by Crippen LogP contribution is -2.48. The highest BCUT2D eigenvalue weighted by Gasteiger charge is 2.27. The van der Waals surface area contributed by atoms with Crippen molar-refractivity contribution < 1.29 is 14.6 Å². The Morgan fingerprint density at radius 3 is 3.10 bits per heavy atom. The molecule has 1 saturated heterocycles. The molecular weight excluding hydrogens is 260 g/mol. The van der Waals surface area contributed by atoms with Crippen LogP contribution in [-0.2, 0) is 4.74 Å². The van der Waals surface area contributed by atoms with Crippen LogP contribution in [0.15, 0.2) is 6.33 Å². The van der Waals surface area contributed by atoms with Crippen molar-refractivity contribution in [3.63, 3.8) is 0 Å². The van der Waals surface area contributed by atoms with Gasteiger partial charge in [0.05, 0.1) is 33.0 Å². The van der Waals surface area contributed by atoms with E-state index in [1.54, 1.807) is 7.11 Å². The molecule has 0 bridgehead atoms. The number of aliphatic hydroxyl groups is 1. The van der Waals surface area contributed by atoms with Gasteiger partial charge in [-0.25, -0.2) is 9.97 Å². The van der Waals surface area contributed by atoms with Crippen molar-refractivity contribution in [3.05, 3.63) is 6.33 Å². The van der Waals surface area contributed by atoms with E-state index in [0.29, 0.717) is 37.1 Å². The summed E-state index contributed by atoms with van der Waals surface area (Å²) in [5, 5.41) is 12.7. The molecule has 0 aromatic carbocycles. The van der Waals surface area contributed by atoms with E-state index in [4.69, 9.17) is 9.47 Å². The van der Waals surface area contributed by atoms with E-state index in [-0.39, 0.29) is 12.6 Å². The molecule has 0 spiro atoms. The summed E-state index contributed by atoms with van der Waals surface area (Å²) in [5.41, 5.74) is 0. The average Bonchev–Trinajstić information content (AvgIpc) is 2.52. The predicted octanol–water partition coefficient (Wildman–Crippen LogP) is 0.505. The zero-order chi connectivity index (χ0) is 14.4. The number of hydrogen-bond donors (Lipinski definition) is 2. The zero-order valence-corrected chi connectivity index (χ0v) is 12.0. The van der Waals surface area contributed by atoms with Crippen molar-refractivity contribution in [2.24, 2.45) is 0 Å². The molecule has 1 atom stereocenters. The summed E-state index contributed by atoms with van der Waals surface area (Å²) in [7, 11) is 1.60. The molecule has 1 aliphatic heterocycles. The van der Waals surface area contributed by atoms with Gasteiger partial charge in [0.1, 0.15) is 6.33 Å². The average molecular weight is 282 g/mol. The van der Waals surface area contributed by atoms with E-state index >= 15 is 0 Å². The third-order valence-corrected chi connectivity index (χ3v) is 3.24. The summed E-state index contributed by atoms with van der Waals surface area (Å²) >= 11 is 0. The molecule has 0 radical (unpaired) electrons. The summed E-state index contributed by atoms with van der Waals surface area (Å²) in [6.07, 6.45) is 2.51. The molecule has 1 aromatic rings. The number of ether oxygens (including phenoxy) is 2. The van der Waals surface area contributed by atoms with Crippen LogP contribution in [0.25, 0.3) is 0 Å². The Balaban J connectivity index is 2.29. The first-order valence-corrected chi connectivity index (χ1v) is 6.89. The molecule has 7 nitrogen and oxygen atoms in total. The van der Waals surface area contributed by atoms with Crippen molar-refractivity contribution in [1.82, 2.24) is 9.97 Å². The van der Waals surface area contributed by atoms with Crippen LogP contribution in [0.2, 0.25) is 0 Å². The maximum Gasteiger partial charge on any atom is 0.204 e. The van der Waals surface area contributed by atoms with Crippen molar-refractivity contribution >= 4 is 11.6 Å². The Labute approximate surface area is 118 Å². The van der Waals surface area contributed by atoms with Crippen LogP contribution < -0.4 is 15.0 Å². The molecule has 2 N–H and O–H groups in total. The lowest BCUT2D eigenvalue weighted by molar-refractivity contribution is 0.0720. The van der Waals surface area contributed by atoms with Crippen LogP contribution in [0.1, 0.15) is 13.3 Å². The smallest absolute Gasteiger partial charge is 0.204 e. The quantitative estimate of drug-likeness (QED) is 0.786. The summed E-state index contributed by atoms with van der Waals surface area (Å²) < 4.78 is 10.9. The Kier molecular flexibility index (Phi) is 5.37. The summed E-state index contributed by atoms with van der Waals surface area (Å²) in [6, 6.07) is -0.105. The molecule has 1 unspecified atom stereocenters. The molecule has 20 heavy (non-hydrogen) atoms. The van der Waals surface area contributed by atoms with Gasteiger partial charge >= 0.3 is 0 Å². The van der Waals surface area contributed by atoms with Crippen molar-refractivity contribution in [3.8, 4) is 5.75 Å². The number of nitrogens with one attached hydrogen (secondary N) is 1. The molecule has 7 heteroatoms. The topological polar surface area (TPSA) is 79.7 Å². The summed E-state index contributed by atoms with van der Waals surface area (Å²) in [5.74, 6) is 1.99. The first kappa shape index (κ1) is 14.8. The van der Waals surface area contributed by atoms with Gasteiger partial charge in [0.2, 0.25) is 5.75 Å². The first-order chi connectivity index (χ1) is 9.81. The molecule has 2 heterocycles. The van der Waals surface area contributed by atoms with E-state index in [2.05, 4.69) is 22.2 Å². The molecule has 0 saturated carbocycles. The van der Waals surface area contributed by atoms with Crippen LogP contribution in [0.3, 0.4) is 0 Å². The second-order valence-corrected chi connectivity index (χ2v) is 4.61. The zero-order valence-electron chi connectivity index (χ0n) is 12.0. The number of nitrogens with zero attached hydrogens (tertiary/aromatic N) is 3. The molecule has 0 amide bonds. The minimum Gasteiger partial charge on any atom is -0.490 e. The van der Waals surface area contributed by atoms with Crippen molar-refractivity contribution in [1.29, 1.82) is 0 Å². The van der Waals surface area contributed by atoms with Crippen LogP contribution in [0, 0.1) is 0 Å². The molecule has 1 aliphatic rings. The number of anilines is 2. The number of aliphatic hydroxyl groups excluding tert-OH is 1. The molecule has 2 rings (SSSR count). The number of morpholine rings is 1. The van der Waals surface area contributed by atoms with E-state index in [1.807, 2.05) is 4.90 Å². The highest BCUT2D eigenvalue weighted by atomic mass is 16.5. The van der Waals surface area contributed by atoms with Gasteiger partial charge < -0.3 is 24.8 Å². The van der Waals surface area contributed by atoms with Gasteiger partial charge in [0, 0.05) is 13.1 Å². The normalized spacial score (nSPS) is 18.9. The third-order valence-electron chi connectivity index (χ3n) is 3.24. The highest BCUT2D eigenvalue weighted by Crippen LogP contribution is 2.33. The molecule has 0 aliphatic carbocycles. The largest absolute Gasteiger partial charge is 0.490 e. The maximum atomic E-state index is 9.48. The molecule has 112 valence electrons. The highest BCUT2D eigenvalue weighted by molar-refractivity contribution is 5.65. The summed E-state index contributed by atoms with van der Waals surface area (Å²) in [6.45, 7) is 4.70. The van der Waals surface area contributed by atoms with Gasteiger partial charge in [-0.3, -0.25) is 0 Å². The molecule has 1 aromatic heterocycles. The van der Waals surface area contributed by atoms with Crippen LogP contribution in [0.4, 0.5) is 11.6 Å². The van der Waals surface area contributed by atoms with E-state index in [1.165, 1.54) is 6.33 Å². The van der Waals surface area contributed by atoms with Crippen molar-refractivity contribution in [2.45, 2.75) is 19.4 Å².